The van der Waals surface area contributed by atoms with Gasteiger partial charge in [-0.05, 0) is 114 Å². The number of aromatic carboxylic acids is 1. The van der Waals surface area contributed by atoms with Crippen LogP contribution in [0.4, 0.5) is 0 Å². The zero-order chi connectivity index (χ0) is 39.6. The molecule has 2 aliphatic rings. The largest absolute Gasteiger partial charge is 0.478 e. The van der Waals surface area contributed by atoms with Crippen LogP contribution in [0, 0.1) is 10.8 Å². The molecule has 3 rings (SSSR count). The van der Waals surface area contributed by atoms with Crippen LogP contribution in [0.1, 0.15) is 125 Å². The molecule has 1 N–H and O–H groups in total. The molecule has 1 aromatic rings. The molecule has 0 radical (unpaired) electrons. The fraction of sp³-hybridized carbons (Fsp3) is 0.388. The first-order valence-corrected chi connectivity index (χ1v) is 18.9. The highest BCUT2D eigenvalue weighted by Gasteiger charge is 2.27. The van der Waals surface area contributed by atoms with Crippen LogP contribution in [-0.2, 0) is 4.79 Å². The molecule has 4 heteroatoms. The van der Waals surface area contributed by atoms with E-state index < -0.39 is 11.9 Å². The highest BCUT2D eigenvalue weighted by molar-refractivity contribution is 5.91. The van der Waals surface area contributed by atoms with Crippen LogP contribution in [0.25, 0.3) is 0 Å². The van der Waals surface area contributed by atoms with Gasteiger partial charge in [-0.1, -0.05) is 158 Å². The van der Waals surface area contributed by atoms with Crippen molar-refractivity contribution in [2.24, 2.45) is 10.8 Å². The van der Waals surface area contributed by atoms with E-state index in [1.165, 1.54) is 91.0 Å². The van der Waals surface area contributed by atoms with E-state index in [4.69, 9.17) is 5.11 Å². The van der Waals surface area contributed by atoms with Crippen LogP contribution in [0.3, 0.4) is 0 Å². The number of hydrogen-bond acceptors (Lipinski definition) is 3. The lowest BCUT2D eigenvalue weighted by molar-refractivity contribution is -0.131. The molecule has 53 heavy (non-hydrogen) atoms. The third-order valence-electron chi connectivity index (χ3n) is 9.75. The standard InChI is InChI=1S/C40H56.C9H8O4/c1-31(19-13-21-33(3)25-27-37-35(5)23-15-29-39(37,7)8)17-11-12-18-32(2)20-14-22-34(4)26-28-38-36(6)24-16-30-40(38,9)10;1-6(10)13-8-5-3-2-4-7(8)9(11)12/h11-14,17-22,25-28H,15-16,23-24,29-30H2,1-10H3;2-5H,1H3,(H,11,12)/b12-11+,19-13+,20-14+,27-25+,28-26+,31-17+,32-18+,33-21+,34-22+;. The minimum Gasteiger partial charge on any atom is -0.478 e. The third kappa shape index (κ3) is 16.2. The van der Waals surface area contributed by atoms with Crippen molar-refractivity contribution < 1.29 is 19.4 Å². The summed E-state index contributed by atoms with van der Waals surface area (Å²) in [5.41, 5.74) is 11.7. The Bertz CT molecular complexity index is 1690. The molecule has 0 bridgehead atoms. The number of esters is 1. The predicted molar refractivity (Wildman–Crippen MR) is 226 cm³/mol. The van der Waals surface area contributed by atoms with E-state index in [-0.39, 0.29) is 11.3 Å². The molecular weight excluding hydrogens is 653 g/mol. The summed E-state index contributed by atoms with van der Waals surface area (Å²) >= 11 is 0. The minimum atomic E-state index is -1.11. The van der Waals surface area contributed by atoms with Crippen LogP contribution in [0.5, 0.6) is 5.75 Å². The first kappa shape index (κ1) is 44.5. The van der Waals surface area contributed by atoms with Gasteiger partial charge in [-0.15, -0.1) is 0 Å². The first-order chi connectivity index (χ1) is 24.9. The van der Waals surface area contributed by atoms with E-state index in [0.29, 0.717) is 10.8 Å². The Labute approximate surface area is 321 Å². The fourth-order valence-corrected chi connectivity index (χ4v) is 6.68. The lowest BCUT2D eigenvalue weighted by atomic mass is 9.72. The van der Waals surface area contributed by atoms with Gasteiger partial charge in [0.25, 0.3) is 0 Å². The van der Waals surface area contributed by atoms with E-state index >= 15 is 0 Å². The van der Waals surface area contributed by atoms with Crippen molar-refractivity contribution in [2.45, 2.75) is 115 Å². The molecule has 0 amide bonds. The molecule has 0 heterocycles. The summed E-state index contributed by atoms with van der Waals surface area (Å²) in [6.45, 7) is 23.9. The second-order valence-corrected chi connectivity index (χ2v) is 15.7. The molecule has 4 nitrogen and oxygen atoms in total. The Kier molecular flexibility index (Phi) is 18.2. The van der Waals surface area contributed by atoms with Gasteiger partial charge in [0, 0.05) is 6.92 Å². The Morgan fingerprint density at radius 2 is 1.02 bits per heavy atom. The van der Waals surface area contributed by atoms with Crippen molar-refractivity contribution in [1.82, 2.24) is 0 Å². The van der Waals surface area contributed by atoms with E-state index in [1.807, 2.05) is 0 Å². The van der Waals surface area contributed by atoms with E-state index in [1.54, 1.807) is 23.3 Å². The highest BCUT2D eigenvalue weighted by atomic mass is 16.5. The van der Waals surface area contributed by atoms with Crippen molar-refractivity contribution in [2.75, 3.05) is 0 Å². The highest BCUT2D eigenvalue weighted by Crippen LogP contribution is 2.41. The first-order valence-electron chi connectivity index (χ1n) is 18.9. The Morgan fingerprint density at radius 1 is 0.623 bits per heavy atom. The number of carbonyl (C=O) groups excluding carboxylic acids is 1. The summed E-state index contributed by atoms with van der Waals surface area (Å²) in [5, 5.41) is 8.69. The predicted octanol–water partition coefficient (Wildman–Crippen LogP) is 13.9. The van der Waals surface area contributed by atoms with Gasteiger partial charge in [0.05, 0.1) is 0 Å². The van der Waals surface area contributed by atoms with E-state index in [0.717, 1.165) is 0 Å². The average molecular weight is 717 g/mol. The zero-order valence-corrected chi connectivity index (χ0v) is 34.3. The van der Waals surface area contributed by atoms with Gasteiger partial charge in [-0.3, -0.25) is 4.79 Å². The monoisotopic (exact) mass is 716 g/mol. The number of carboxylic acids is 1. The molecule has 0 spiro atoms. The van der Waals surface area contributed by atoms with Crippen molar-refractivity contribution >= 4 is 11.9 Å². The molecule has 0 fully saturated rings. The molecule has 0 atom stereocenters. The maximum absolute atomic E-state index is 10.6. The van der Waals surface area contributed by atoms with Gasteiger partial charge in [0.15, 0.2) is 0 Å². The van der Waals surface area contributed by atoms with Crippen LogP contribution < -0.4 is 4.74 Å². The summed E-state index contributed by atoms with van der Waals surface area (Å²) in [5.74, 6) is -1.58. The quantitative estimate of drug-likeness (QED) is 0.133. The summed E-state index contributed by atoms with van der Waals surface area (Å²) in [6.07, 6.45) is 38.4. The van der Waals surface area contributed by atoms with Crippen molar-refractivity contribution in [3.8, 4) is 5.75 Å². The third-order valence-corrected chi connectivity index (χ3v) is 9.75. The molecule has 0 saturated heterocycles. The van der Waals surface area contributed by atoms with Gasteiger partial charge in [-0.2, -0.15) is 0 Å². The summed E-state index contributed by atoms with van der Waals surface area (Å²) < 4.78 is 4.69. The lowest BCUT2D eigenvalue weighted by Crippen LogP contribution is -2.19. The van der Waals surface area contributed by atoms with Gasteiger partial charge in [0.2, 0.25) is 0 Å². The zero-order valence-electron chi connectivity index (χ0n) is 34.3. The molecule has 0 aromatic heterocycles. The van der Waals surface area contributed by atoms with Crippen LogP contribution in [0.2, 0.25) is 0 Å². The van der Waals surface area contributed by atoms with Crippen molar-refractivity contribution in [3.63, 3.8) is 0 Å². The smallest absolute Gasteiger partial charge is 0.339 e. The van der Waals surface area contributed by atoms with Crippen LogP contribution in [0.15, 0.2) is 154 Å². The number of ether oxygens (including phenoxy) is 1. The SMILES string of the molecule is CC(=O)Oc1ccccc1C(=O)O.CC1=C(/C=C/C(C)=C/C=C/C(C)=C/C=C/C=C(C)/C=C/C=C(C)/C=C/C2=C(C)CCCC2(C)C)C(C)(C)CCC1. The maximum atomic E-state index is 10.6. The number of allylic oxidation sites excluding steroid dienone is 22. The summed E-state index contributed by atoms with van der Waals surface area (Å²) in [4.78, 5) is 21.2. The Morgan fingerprint density at radius 3 is 1.42 bits per heavy atom. The van der Waals surface area contributed by atoms with Crippen molar-refractivity contribution in [1.29, 1.82) is 0 Å². The molecule has 1 aromatic carbocycles. The van der Waals surface area contributed by atoms with E-state index in [2.05, 4.69) is 159 Å². The summed E-state index contributed by atoms with van der Waals surface area (Å²) in [6, 6.07) is 5.98. The second-order valence-electron chi connectivity index (χ2n) is 15.7. The fourth-order valence-electron chi connectivity index (χ4n) is 6.68. The Hall–Kier alpha value is -4.70. The van der Waals surface area contributed by atoms with Gasteiger partial charge >= 0.3 is 11.9 Å². The van der Waals surface area contributed by atoms with E-state index in [9.17, 15) is 9.59 Å². The number of carboxylic acid groups (broad SMARTS) is 1. The minimum absolute atomic E-state index is 0.0160. The van der Waals surface area contributed by atoms with Crippen LogP contribution in [-0.4, -0.2) is 17.0 Å². The number of carbonyl (C=O) groups is 2. The van der Waals surface area contributed by atoms with Gasteiger partial charge in [-0.25, -0.2) is 4.79 Å². The molecule has 284 valence electrons. The number of hydrogen-bond donors (Lipinski definition) is 1. The number of benzene rings is 1. The van der Waals surface area contributed by atoms with Gasteiger partial charge < -0.3 is 9.84 Å². The summed E-state index contributed by atoms with van der Waals surface area (Å²) in [7, 11) is 0. The lowest BCUT2D eigenvalue weighted by Gasteiger charge is -2.33. The normalized spacial score (nSPS) is 18.8. The second kappa shape index (κ2) is 21.7. The molecule has 0 aliphatic heterocycles. The average Bonchev–Trinajstić information content (AvgIpc) is 3.06. The molecular formula is C49H64O4. The number of rotatable bonds is 12. The molecule has 2 aliphatic carbocycles. The molecule has 0 unspecified atom stereocenters. The van der Waals surface area contributed by atoms with Gasteiger partial charge in [0.1, 0.15) is 11.3 Å². The Balaban J connectivity index is 0.000000626. The maximum Gasteiger partial charge on any atom is 0.339 e. The van der Waals surface area contributed by atoms with Crippen molar-refractivity contribution in [3.05, 3.63) is 159 Å². The van der Waals surface area contributed by atoms with Crippen LogP contribution >= 0.6 is 0 Å². The number of para-hydroxylation sites is 1. The topological polar surface area (TPSA) is 63.6 Å². The molecule has 0 saturated carbocycles.